The van der Waals surface area contributed by atoms with Crippen LogP contribution >= 0.6 is 0 Å². The molecule has 5 aliphatic rings. The number of nitrogens with two attached hydrogens (primary N) is 1. The van der Waals surface area contributed by atoms with Crippen LogP contribution in [-0.2, 0) is 28.9 Å². The van der Waals surface area contributed by atoms with Gasteiger partial charge in [0.25, 0.3) is 0 Å². The molecule has 1 amide bonds. The van der Waals surface area contributed by atoms with E-state index in [1.807, 2.05) is 61.5 Å². The van der Waals surface area contributed by atoms with Crippen molar-refractivity contribution < 1.29 is 35.1 Å². The van der Waals surface area contributed by atoms with Crippen molar-refractivity contribution in [1.82, 2.24) is 10.6 Å². The summed E-state index contributed by atoms with van der Waals surface area (Å²) in [5.41, 5.74) is 12.8. The largest absolute Gasteiger partial charge is 0.393 e. The van der Waals surface area contributed by atoms with Gasteiger partial charge in [0.2, 0.25) is 5.91 Å². The van der Waals surface area contributed by atoms with Crippen molar-refractivity contribution in [2.75, 3.05) is 13.2 Å². The standard InChI is InChI=1S/C53H71N3O7/c1-32(2)10-5-11-33(3)12-6-16-38(31-57)44-29-39-17-9-24-52(63)25-23-42-34(4)46(60)28-37-15-8-18-43-47(37)48(51(62)56-50(43)54)55-30-41(59)20-19-35-13-7-14-36(26-35)27-40(58)21-22-45(42)53(39,52)49(44)61/h6-8,10,12-16,18,26,39-41,44-45,48-50,55,57-59,61,63H,3,5,9,11,17,19-25,27-31,54H2,1-2,4H3,(H,56,62)/b12-6+,38-16-,42-34?/t39-,40-,41-,44+,45+,48+,49+,50-,52+,53+/m0/s1. The van der Waals surface area contributed by atoms with Crippen molar-refractivity contribution in [2.24, 2.45) is 28.9 Å². The molecule has 0 aromatic heterocycles. The van der Waals surface area contributed by atoms with Crippen LogP contribution < -0.4 is 16.4 Å². The third-order valence-corrected chi connectivity index (χ3v) is 15.4. The van der Waals surface area contributed by atoms with Gasteiger partial charge in [-0.3, -0.25) is 14.9 Å². The van der Waals surface area contributed by atoms with E-state index in [9.17, 15) is 35.1 Å². The predicted octanol–water partition coefficient (Wildman–Crippen LogP) is 6.61. The number of aryl methyl sites for hydroxylation is 1. The average Bonchev–Trinajstić information content (AvgIpc) is 3.54. The summed E-state index contributed by atoms with van der Waals surface area (Å²) in [5.74, 6) is -1.34. The number of amides is 1. The number of carbonyl (C=O) groups is 2. The second kappa shape index (κ2) is 20.0. The van der Waals surface area contributed by atoms with Crippen molar-refractivity contribution in [1.29, 1.82) is 0 Å². The van der Waals surface area contributed by atoms with E-state index in [0.717, 1.165) is 48.0 Å². The minimum atomic E-state index is -1.21. The van der Waals surface area contributed by atoms with E-state index in [1.165, 1.54) is 5.57 Å². The third-order valence-electron chi connectivity index (χ3n) is 15.4. The fraction of sp³-hybridized carbons (Fsp3) is 0.547. The minimum absolute atomic E-state index is 0.0124. The van der Waals surface area contributed by atoms with Crippen molar-refractivity contribution in [3.63, 3.8) is 0 Å². The number of hydrogen-bond acceptors (Lipinski definition) is 9. The van der Waals surface area contributed by atoms with Gasteiger partial charge in [-0.25, -0.2) is 0 Å². The molecule has 0 unspecified atom stereocenters. The van der Waals surface area contributed by atoms with Crippen LogP contribution in [-0.4, -0.2) is 74.3 Å². The van der Waals surface area contributed by atoms with Gasteiger partial charge in [-0.15, -0.1) is 0 Å². The van der Waals surface area contributed by atoms with Crippen LogP contribution in [0.3, 0.4) is 0 Å². The second-order valence-electron chi connectivity index (χ2n) is 19.6. The summed E-state index contributed by atoms with van der Waals surface area (Å²) in [4.78, 5) is 28.4. The average molecular weight is 862 g/mol. The summed E-state index contributed by atoms with van der Waals surface area (Å²) in [5, 5.41) is 65.9. The molecule has 3 fully saturated rings. The molecule has 2 aliphatic heterocycles. The van der Waals surface area contributed by atoms with Crippen LogP contribution in [0.4, 0.5) is 0 Å². The zero-order chi connectivity index (χ0) is 45.1. The van der Waals surface area contributed by atoms with Gasteiger partial charge in [-0.1, -0.05) is 96.5 Å². The number of rotatable bonds is 7. The van der Waals surface area contributed by atoms with Crippen LogP contribution in [0.5, 0.6) is 0 Å². The minimum Gasteiger partial charge on any atom is -0.393 e. The Bertz CT molecular complexity index is 2150. The highest BCUT2D eigenvalue weighted by atomic mass is 16.3. The topological polar surface area (TPSA) is 185 Å². The lowest BCUT2D eigenvalue weighted by Crippen LogP contribution is -2.65. The van der Waals surface area contributed by atoms with E-state index in [-0.39, 0.29) is 37.2 Å². The van der Waals surface area contributed by atoms with E-state index < -0.39 is 53.4 Å². The first-order valence-electron chi connectivity index (χ1n) is 23.4. The highest BCUT2D eigenvalue weighted by Gasteiger charge is 2.70. The fourth-order valence-electron chi connectivity index (χ4n) is 12.4. The van der Waals surface area contributed by atoms with Crippen molar-refractivity contribution in [2.45, 2.75) is 147 Å². The molecule has 3 aliphatic carbocycles. The lowest BCUT2D eigenvalue weighted by Gasteiger charge is -2.61. The molecule has 63 heavy (non-hydrogen) atoms. The van der Waals surface area contributed by atoms with Gasteiger partial charge < -0.3 is 36.6 Å². The van der Waals surface area contributed by atoms with Crippen LogP contribution in [0.1, 0.15) is 131 Å². The van der Waals surface area contributed by atoms with Gasteiger partial charge in [0.15, 0.2) is 5.78 Å². The molecule has 2 aromatic carbocycles. The maximum Gasteiger partial charge on any atom is 0.243 e. The van der Waals surface area contributed by atoms with Gasteiger partial charge in [0, 0.05) is 24.3 Å². The molecule has 2 heterocycles. The van der Waals surface area contributed by atoms with E-state index in [4.69, 9.17) is 5.73 Å². The number of benzene rings is 2. The number of β-amino-alcohol motifs (C(OH)–C–C–N with tert-alkyl or cyclic N) is 1. The van der Waals surface area contributed by atoms with Crippen LogP contribution in [0.15, 0.2) is 101 Å². The summed E-state index contributed by atoms with van der Waals surface area (Å²) in [6.45, 7) is 10.2. The molecule has 1 spiro atoms. The van der Waals surface area contributed by atoms with Gasteiger partial charge in [0.1, 0.15) is 12.2 Å². The first-order valence-corrected chi connectivity index (χ1v) is 23.4. The summed E-state index contributed by atoms with van der Waals surface area (Å²) >= 11 is 0. The summed E-state index contributed by atoms with van der Waals surface area (Å²) < 4.78 is 0. The maximum atomic E-state index is 14.8. The van der Waals surface area contributed by atoms with E-state index in [2.05, 4.69) is 43.2 Å². The highest BCUT2D eigenvalue weighted by molar-refractivity contribution is 5.98. The Labute approximate surface area is 374 Å². The van der Waals surface area contributed by atoms with E-state index in [0.29, 0.717) is 85.6 Å². The highest BCUT2D eigenvalue weighted by Crippen LogP contribution is 2.69. The molecule has 3 saturated carbocycles. The molecule has 10 nitrogen and oxygen atoms in total. The van der Waals surface area contributed by atoms with E-state index >= 15 is 0 Å². The number of allylic oxidation sites excluding steroid dienone is 8. The number of ketones is 1. The molecule has 2 bridgehead atoms. The Morgan fingerprint density at radius 1 is 0.984 bits per heavy atom. The lowest BCUT2D eigenvalue weighted by molar-refractivity contribution is -0.216. The molecular formula is C53H71N3O7. The van der Waals surface area contributed by atoms with Gasteiger partial charge in [-0.2, -0.15) is 0 Å². The second-order valence-corrected chi connectivity index (χ2v) is 19.6. The molecule has 9 N–H and O–H groups in total. The molecule has 10 heteroatoms. The fourth-order valence-corrected chi connectivity index (χ4v) is 12.4. The van der Waals surface area contributed by atoms with Crippen LogP contribution in [0.2, 0.25) is 0 Å². The SMILES string of the molecule is C=C(/C=C/C=C(/CO)[C@H]1C[C@@H]2CCC[C@@]3(O)CCC4=C(C)C(=O)Cc5cccc6c5[C@@H](NC[C@@H](O)CCc5cccc(c5)C[C@@H](O)CC[C@H]4[C@@]23[C@@H]1O)C(=O)N[C@@H]6N)CCC=C(C)C. The molecule has 340 valence electrons. The number of hydrogen-bond donors (Lipinski definition) is 8. The zero-order valence-electron chi connectivity index (χ0n) is 37.6. The van der Waals surface area contributed by atoms with Crippen molar-refractivity contribution >= 4 is 11.7 Å². The number of aliphatic hydroxyl groups is 5. The third kappa shape index (κ3) is 9.69. The van der Waals surface area contributed by atoms with Gasteiger partial charge in [0.05, 0.1) is 30.5 Å². The number of fused-ring (bicyclic) bond motifs is 3. The van der Waals surface area contributed by atoms with Crippen molar-refractivity contribution in [3.05, 3.63) is 129 Å². The van der Waals surface area contributed by atoms with Gasteiger partial charge in [-0.05, 0) is 149 Å². The van der Waals surface area contributed by atoms with Crippen LogP contribution in [0, 0.1) is 23.2 Å². The Morgan fingerprint density at radius 3 is 2.54 bits per heavy atom. The summed E-state index contributed by atoms with van der Waals surface area (Å²) in [7, 11) is 0. The maximum absolute atomic E-state index is 14.8. The number of Topliss-reactive ketones (excluding diaryl/α,β-unsaturated/α-hetero) is 1. The Balaban J connectivity index is 1.30. The number of carbonyl (C=O) groups excluding carboxylic acids is 2. The Hall–Kier alpha value is -4.00. The molecule has 7 rings (SSSR count). The Morgan fingerprint density at radius 2 is 1.76 bits per heavy atom. The van der Waals surface area contributed by atoms with Crippen LogP contribution in [0.25, 0.3) is 0 Å². The normalized spacial score (nSPS) is 33.1. The van der Waals surface area contributed by atoms with E-state index in [1.54, 1.807) is 0 Å². The number of nitrogens with one attached hydrogen (secondary N) is 2. The predicted molar refractivity (Wildman–Crippen MR) is 247 cm³/mol. The molecule has 0 saturated heterocycles. The summed E-state index contributed by atoms with van der Waals surface area (Å²) in [6.07, 6.45) is 12.4. The lowest BCUT2D eigenvalue weighted by atomic mass is 9.45. The molecule has 10 atom stereocenters. The quantitative estimate of drug-likeness (QED) is 0.112. The number of aliphatic hydroxyl groups excluding tert-OH is 4. The first-order chi connectivity index (χ1) is 30.2. The Kier molecular flexibility index (Phi) is 14.9. The van der Waals surface area contributed by atoms with Crippen molar-refractivity contribution in [3.8, 4) is 0 Å². The molecule has 2 aromatic rings. The molecule has 0 radical (unpaired) electrons. The summed E-state index contributed by atoms with van der Waals surface area (Å²) in [6, 6.07) is 12.8. The first kappa shape index (κ1) is 47.0. The monoisotopic (exact) mass is 862 g/mol. The smallest absolute Gasteiger partial charge is 0.243 e. The van der Waals surface area contributed by atoms with Gasteiger partial charge >= 0.3 is 0 Å². The zero-order valence-corrected chi connectivity index (χ0v) is 37.6. The molecular weight excluding hydrogens is 791 g/mol.